The van der Waals surface area contributed by atoms with E-state index in [1.807, 2.05) is 11.8 Å². The van der Waals surface area contributed by atoms with Crippen molar-refractivity contribution in [2.24, 2.45) is 10.7 Å². The van der Waals surface area contributed by atoms with Gasteiger partial charge in [0.25, 0.3) is 6.34 Å². The second-order valence-electron chi connectivity index (χ2n) is 6.39. The Morgan fingerprint density at radius 2 is 2.15 bits per heavy atom. The van der Waals surface area contributed by atoms with Crippen LogP contribution in [0, 0.1) is 5.82 Å². The summed E-state index contributed by atoms with van der Waals surface area (Å²) >= 11 is 1.96. The van der Waals surface area contributed by atoms with E-state index >= 15 is 0 Å². The number of cyclic esters (lactones) is 1. The molecule has 2 saturated heterocycles. The van der Waals surface area contributed by atoms with Crippen LogP contribution in [0.3, 0.4) is 0 Å². The highest BCUT2D eigenvalue weighted by molar-refractivity contribution is 7.99. The molecular formula is C18H25FN5O2S+. The van der Waals surface area contributed by atoms with Crippen LogP contribution < -0.4 is 20.5 Å². The highest BCUT2D eigenvalue weighted by Gasteiger charge is 2.33. The molecule has 3 N–H and O–H groups in total. The lowest BCUT2D eigenvalue weighted by atomic mass is 10.2. The van der Waals surface area contributed by atoms with Gasteiger partial charge in [0.2, 0.25) is 6.34 Å². The molecule has 2 aliphatic heterocycles. The number of anilines is 2. The lowest BCUT2D eigenvalue weighted by Crippen LogP contribution is -2.72. The number of hydrogen-bond acceptors (Lipinski definition) is 4. The summed E-state index contributed by atoms with van der Waals surface area (Å²) in [6.45, 7) is 2.47. The maximum absolute atomic E-state index is 14.8. The number of hydrogen-bond donors (Lipinski definition) is 2. The quantitative estimate of drug-likeness (QED) is 0.564. The van der Waals surface area contributed by atoms with Gasteiger partial charge in [-0.25, -0.2) is 9.18 Å². The standard InChI is InChI=1S/C18H24FN5O2S/c19-16-9-14(3-4-17(16)23-5-1-7-27-8-2-6-23)24-11-15(26-18(24)25)10-21-13-22-12-20/h3-4,9,12-13,15H,1-2,5-8,10-11H2,(H2,20,21,22)/p+1/t15-/m0/s1. The molecule has 0 spiro atoms. The molecule has 0 aromatic heterocycles. The number of nitrogens with two attached hydrogens (primary N) is 1. The van der Waals surface area contributed by atoms with Crippen LogP contribution in [0.1, 0.15) is 12.8 Å². The molecule has 0 aliphatic carbocycles. The molecule has 7 nitrogen and oxygen atoms in total. The first-order chi connectivity index (χ1) is 13.2. The van der Waals surface area contributed by atoms with E-state index in [1.165, 1.54) is 17.3 Å². The summed E-state index contributed by atoms with van der Waals surface area (Å²) in [5.41, 5.74) is 6.25. The third kappa shape index (κ3) is 5.12. The Morgan fingerprint density at radius 1 is 1.37 bits per heavy atom. The summed E-state index contributed by atoms with van der Waals surface area (Å²) in [6, 6.07) is 4.97. The van der Waals surface area contributed by atoms with Gasteiger partial charge in [-0.15, -0.1) is 0 Å². The van der Waals surface area contributed by atoms with E-state index in [1.54, 1.807) is 12.1 Å². The van der Waals surface area contributed by atoms with E-state index in [-0.39, 0.29) is 11.9 Å². The fourth-order valence-corrected chi connectivity index (χ4v) is 4.08. The Hall–Kier alpha value is -2.29. The normalized spacial score (nSPS) is 21.7. The first-order valence-electron chi connectivity index (χ1n) is 9.08. The lowest BCUT2D eigenvalue weighted by molar-refractivity contribution is -0.462. The molecule has 2 fully saturated rings. The zero-order valence-electron chi connectivity index (χ0n) is 15.1. The number of carbonyl (C=O) groups is 1. The minimum absolute atomic E-state index is 0.305. The number of carbonyl (C=O) groups excluding carboxylic acids is 1. The highest BCUT2D eigenvalue weighted by Crippen LogP contribution is 2.28. The number of rotatable bonds is 5. The average molecular weight is 394 g/mol. The number of ether oxygens (including phenoxy) is 1. The van der Waals surface area contributed by atoms with E-state index in [0.717, 1.165) is 43.8 Å². The zero-order chi connectivity index (χ0) is 19.1. The number of nitrogens with one attached hydrogen (secondary N) is 1. The molecule has 2 heterocycles. The molecule has 1 aromatic rings. The van der Waals surface area contributed by atoms with Crippen molar-refractivity contribution in [1.29, 1.82) is 0 Å². The molecular weight excluding hydrogens is 369 g/mol. The zero-order valence-corrected chi connectivity index (χ0v) is 16.0. The van der Waals surface area contributed by atoms with Crippen molar-refractivity contribution in [3.63, 3.8) is 0 Å². The number of amides is 1. The number of halogens is 1. The summed E-state index contributed by atoms with van der Waals surface area (Å²) < 4.78 is 20.1. The number of benzene rings is 1. The van der Waals surface area contributed by atoms with Crippen LogP contribution in [0.25, 0.3) is 0 Å². The summed E-state index contributed by atoms with van der Waals surface area (Å²) in [4.78, 5) is 22.3. The maximum Gasteiger partial charge on any atom is 0.414 e. The number of aliphatic imine (C=N–C) groups is 1. The second-order valence-corrected chi connectivity index (χ2v) is 7.62. The minimum atomic E-state index is -0.473. The topological polar surface area (TPSA) is 85.1 Å². The van der Waals surface area contributed by atoms with Gasteiger partial charge in [0, 0.05) is 13.1 Å². The Morgan fingerprint density at radius 3 is 2.85 bits per heavy atom. The van der Waals surface area contributed by atoms with Gasteiger partial charge in [-0.05, 0) is 47.5 Å². The summed E-state index contributed by atoms with van der Waals surface area (Å²) in [6.07, 6.45) is 3.88. The molecule has 1 atom stereocenters. The Bertz CT molecular complexity index is 707. The molecule has 0 saturated carbocycles. The average Bonchev–Trinajstić information content (AvgIpc) is 3.00. The third-order valence-electron chi connectivity index (χ3n) is 4.49. The van der Waals surface area contributed by atoms with Crippen LogP contribution in [0.2, 0.25) is 0 Å². The minimum Gasteiger partial charge on any atom is -0.440 e. The third-order valence-corrected chi connectivity index (χ3v) is 5.64. The summed E-state index contributed by atoms with van der Waals surface area (Å²) in [5.74, 6) is 1.92. The van der Waals surface area contributed by atoms with Crippen molar-refractivity contribution in [2.45, 2.75) is 18.9 Å². The molecule has 0 bridgehead atoms. The van der Waals surface area contributed by atoms with Gasteiger partial charge in [-0.3, -0.25) is 9.89 Å². The fraction of sp³-hybridized carbons (Fsp3) is 0.500. The van der Waals surface area contributed by atoms with Crippen LogP contribution >= 0.6 is 11.8 Å². The Labute approximate surface area is 162 Å². The number of nitrogens with zero attached hydrogens (tertiary/aromatic N) is 3. The van der Waals surface area contributed by atoms with E-state index in [0.29, 0.717) is 24.5 Å². The Kier molecular flexibility index (Phi) is 6.92. The van der Waals surface area contributed by atoms with Gasteiger partial charge in [0.1, 0.15) is 12.4 Å². The predicted octanol–water partition coefficient (Wildman–Crippen LogP) is 0.580. The van der Waals surface area contributed by atoms with Crippen molar-refractivity contribution >= 4 is 41.9 Å². The molecule has 0 unspecified atom stereocenters. The fourth-order valence-electron chi connectivity index (χ4n) is 3.21. The SMILES string of the molecule is NC=NC=[NH+]C[C@H]1CN(c2ccc(N3CCCSCCC3)c(F)c2)C(=O)O1. The van der Waals surface area contributed by atoms with E-state index in [2.05, 4.69) is 14.9 Å². The lowest BCUT2D eigenvalue weighted by Gasteiger charge is -2.27. The van der Waals surface area contributed by atoms with Gasteiger partial charge in [0.05, 0.1) is 17.9 Å². The molecule has 1 aromatic carbocycles. The first-order valence-corrected chi connectivity index (χ1v) is 10.2. The summed E-state index contributed by atoms with van der Waals surface area (Å²) in [7, 11) is 0. The molecule has 1 amide bonds. The highest BCUT2D eigenvalue weighted by atomic mass is 32.2. The predicted molar refractivity (Wildman–Crippen MR) is 107 cm³/mol. The van der Waals surface area contributed by atoms with Crippen molar-refractivity contribution in [3.8, 4) is 0 Å². The largest absolute Gasteiger partial charge is 0.440 e. The van der Waals surface area contributed by atoms with Crippen molar-refractivity contribution in [3.05, 3.63) is 24.0 Å². The molecule has 9 heteroatoms. The van der Waals surface area contributed by atoms with E-state index in [4.69, 9.17) is 10.5 Å². The number of thioether (sulfide) groups is 1. The molecule has 0 radical (unpaired) electrons. The van der Waals surface area contributed by atoms with Gasteiger partial charge in [0.15, 0.2) is 6.10 Å². The van der Waals surface area contributed by atoms with Crippen LogP contribution in [0.15, 0.2) is 23.2 Å². The van der Waals surface area contributed by atoms with Crippen LogP contribution in [-0.4, -0.2) is 62.6 Å². The molecule has 146 valence electrons. The van der Waals surface area contributed by atoms with Gasteiger partial charge in [-0.2, -0.15) is 11.8 Å². The second kappa shape index (κ2) is 9.59. The van der Waals surface area contributed by atoms with Crippen LogP contribution in [0.4, 0.5) is 20.6 Å². The molecule has 2 aliphatic rings. The van der Waals surface area contributed by atoms with Crippen molar-refractivity contribution in [2.75, 3.05) is 47.5 Å². The van der Waals surface area contributed by atoms with Crippen molar-refractivity contribution < 1.29 is 18.9 Å². The monoisotopic (exact) mass is 394 g/mol. The maximum atomic E-state index is 14.8. The van der Waals surface area contributed by atoms with Gasteiger partial charge in [-0.1, -0.05) is 0 Å². The van der Waals surface area contributed by atoms with Crippen LogP contribution in [0.5, 0.6) is 0 Å². The molecule has 27 heavy (non-hydrogen) atoms. The van der Waals surface area contributed by atoms with E-state index < -0.39 is 6.09 Å². The first kappa shape index (κ1) is 19.5. The van der Waals surface area contributed by atoms with Crippen LogP contribution in [-0.2, 0) is 4.74 Å². The Balaban J connectivity index is 1.66. The smallest absolute Gasteiger partial charge is 0.414 e. The summed E-state index contributed by atoms with van der Waals surface area (Å²) in [5, 5.41) is 0. The van der Waals surface area contributed by atoms with Gasteiger partial charge < -0.3 is 15.4 Å². The van der Waals surface area contributed by atoms with E-state index in [9.17, 15) is 9.18 Å². The van der Waals surface area contributed by atoms with Gasteiger partial charge >= 0.3 is 6.09 Å². The molecule has 3 rings (SSSR count). The van der Waals surface area contributed by atoms with Crippen molar-refractivity contribution in [1.82, 2.24) is 0 Å².